The van der Waals surface area contributed by atoms with E-state index in [9.17, 15) is 19.5 Å². The van der Waals surface area contributed by atoms with Gasteiger partial charge in [-0.3, -0.25) is 14.4 Å². The van der Waals surface area contributed by atoms with E-state index in [4.69, 9.17) is 5.73 Å². The first-order valence-electron chi connectivity index (χ1n) is 14.0. The highest BCUT2D eigenvalue weighted by Crippen LogP contribution is 2.21. The Bertz CT molecular complexity index is 1310. The number of nitrogens with zero attached hydrogens (tertiary/aromatic N) is 2. The number of rotatable bonds is 12. The maximum atomic E-state index is 13.9. The average molecular weight is 555 g/mol. The van der Waals surface area contributed by atoms with E-state index in [1.54, 1.807) is 35.2 Å². The summed E-state index contributed by atoms with van der Waals surface area (Å²) in [5, 5.41) is 12.5. The van der Waals surface area contributed by atoms with Crippen molar-refractivity contribution in [3.63, 3.8) is 0 Å². The van der Waals surface area contributed by atoms with Gasteiger partial charge in [0.2, 0.25) is 17.7 Å². The van der Waals surface area contributed by atoms with E-state index in [1.807, 2.05) is 60.7 Å². The van der Waals surface area contributed by atoms with E-state index >= 15 is 0 Å². The Morgan fingerprint density at radius 3 is 2.20 bits per heavy atom. The Morgan fingerprint density at radius 2 is 1.56 bits per heavy atom. The molecule has 3 atom stereocenters. The van der Waals surface area contributed by atoms with Gasteiger partial charge in [-0.25, -0.2) is 0 Å². The third kappa shape index (κ3) is 8.05. The molecule has 4 rings (SSSR count). The van der Waals surface area contributed by atoms with Gasteiger partial charge in [-0.1, -0.05) is 78.9 Å². The summed E-state index contributed by atoms with van der Waals surface area (Å²) in [6.45, 7) is 4.96. The fourth-order valence-corrected chi connectivity index (χ4v) is 5.22. The normalized spacial score (nSPS) is 16.0. The Kier molecular flexibility index (Phi) is 10.3. The van der Waals surface area contributed by atoms with Gasteiger partial charge in [-0.05, 0) is 48.1 Å². The van der Waals surface area contributed by atoms with Crippen molar-refractivity contribution >= 4 is 17.7 Å². The van der Waals surface area contributed by atoms with Crippen molar-refractivity contribution < 1.29 is 19.5 Å². The van der Waals surface area contributed by atoms with Gasteiger partial charge in [-0.15, -0.1) is 6.58 Å². The molecular weight excluding hydrogens is 516 g/mol. The van der Waals surface area contributed by atoms with Crippen molar-refractivity contribution in [2.24, 2.45) is 5.73 Å². The van der Waals surface area contributed by atoms with Crippen LogP contribution < -0.4 is 11.1 Å². The lowest BCUT2D eigenvalue weighted by Gasteiger charge is -2.30. The number of likely N-dealkylation sites (tertiary alicyclic amines) is 1. The van der Waals surface area contributed by atoms with Gasteiger partial charge in [0, 0.05) is 26.1 Å². The van der Waals surface area contributed by atoms with Crippen LogP contribution in [0.1, 0.15) is 29.5 Å². The van der Waals surface area contributed by atoms with Crippen molar-refractivity contribution in [1.29, 1.82) is 0 Å². The number of phenolic OH excluding ortho intramolecular Hbond substituents is 1. The summed E-state index contributed by atoms with van der Waals surface area (Å²) in [5.74, 6) is -0.745. The molecular formula is C33H38N4O4. The van der Waals surface area contributed by atoms with Crippen LogP contribution in [0.4, 0.5) is 0 Å². The van der Waals surface area contributed by atoms with Crippen LogP contribution in [-0.2, 0) is 33.8 Å². The predicted octanol–water partition coefficient (Wildman–Crippen LogP) is 3.20. The number of benzene rings is 3. The molecule has 0 saturated carbocycles. The summed E-state index contributed by atoms with van der Waals surface area (Å²) in [6, 6.07) is 23.4. The third-order valence-corrected chi connectivity index (χ3v) is 7.32. The van der Waals surface area contributed by atoms with E-state index in [2.05, 4.69) is 11.9 Å². The highest BCUT2D eigenvalue weighted by atomic mass is 16.3. The lowest BCUT2D eigenvalue weighted by molar-refractivity contribution is -0.141. The third-order valence-electron chi connectivity index (χ3n) is 7.32. The number of phenols is 1. The topological polar surface area (TPSA) is 116 Å². The molecule has 8 nitrogen and oxygen atoms in total. The molecule has 8 heteroatoms. The number of hydrogen-bond acceptors (Lipinski definition) is 5. The van der Waals surface area contributed by atoms with E-state index in [-0.39, 0.29) is 29.9 Å². The predicted molar refractivity (Wildman–Crippen MR) is 159 cm³/mol. The van der Waals surface area contributed by atoms with Crippen LogP contribution in [0.25, 0.3) is 0 Å². The molecule has 3 amide bonds. The highest BCUT2D eigenvalue weighted by molar-refractivity contribution is 5.93. The van der Waals surface area contributed by atoms with Crippen LogP contribution in [0.15, 0.2) is 97.6 Å². The van der Waals surface area contributed by atoms with Crippen LogP contribution in [-0.4, -0.2) is 63.8 Å². The van der Waals surface area contributed by atoms with Gasteiger partial charge in [0.25, 0.3) is 0 Å². The number of aromatic hydroxyl groups is 1. The molecule has 41 heavy (non-hydrogen) atoms. The Hall–Kier alpha value is -4.43. The number of carbonyl (C=O) groups is 3. The van der Waals surface area contributed by atoms with E-state index in [0.717, 1.165) is 16.7 Å². The molecule has 0 spiro atoms. The number of hydrogen-bond donors (Lipinski definition) is 3. The summed E-state index contributed by atoms with van der Waals surface area (Å²) in [5.41, 5.74) is 8.98. The maximum absolute atomic E-state index is 13.9. The van der Waals surface area contributed by atoms with E-state index in [1.165, 1.54) is 4.90 Å². The van der Waals surface area contributed by atoms with Crippen molar-refractivity contribution in [2.75, 3.05) is 13.1 Å². The number of nitrogens with one attached hydrogen (secondary N) is 1. The molecule has 1 fully saturated rings. The number of carbonyl (C=O) groups excluding carboxylic acids is 3. The van der Waals surface area contributed by atoms with Crippen molar-refractivity contribution in [1.82, 2.24) is 15.1 Å². The summed E-state index contributed by atoms with van der Waals surface area (Å²) in [7, 11) is 0. The molecule has 0 aromatic heterocycles. The molecule has 0 unspecified atom stereocenters. The zero-order valence-corrected chi connectivity index (χ0v) is 23.2. The fraction of sp³-hybridized carbons (Fsp3) is 0.303. The van der Waals surface area contributed by atoms with Crippen LogP contribution >= 0.6 is 0 Å². The van der Waals surface area contributed by atoms with Crippen LogP contribution in [0.3, 0.4) is 0 Å². The maximum Gasteiger partial charge on any atom is 0.246 e. The lowest BCUT2D eigenvalue weighted by Crippen LogP contribution is -2.56. The molecule has 1 aliphatic heterocycles. The van der Waals surface area contributed by atoms with Crippen LogP contribution in [0.5, 0.6) is 5.75 Å². The first-order valence-corrected chi connectivity index (χ1v) is 14.0. The zero-order valence-electron chi connectivity index (χ0n) is 23.2. The number of nitrogens with two attached hydrogens (primary N) is 1. The second-order valence-electron chi connectivity index (χ2n) is 10.4. The smallest absolute Gasteiger partial charge is 0.246 e. The molecule has 214 valence electrons. The second-order valence-corrected chi connectivity index (χ2v) is 10.4. The van der Waals surface area contributed by atoms with Crippen molar-refractivity contribution in [3.05, 3.63) is 114 Å². The Morgan fingerprint density at radius 1 is 0.951 bits per heavy atom. The molecule has 1 aliphatic rings. The van der Waals surface area contributed by atoms with Gasteiger partial charge in [-0.2, -0.15) is 0 Å². The lowest BCUT2D eigenvalue weighted by atomic mass is 10.0. The second kappa shape index (κ2) is 14.3. The summed E-state index contributed by atoms with van der Waals surface area (Å²) < 4.78 is 0. The van der Waals surface area contributed by atoms with Gasteiger partial charge in [0.1, 0.15) is 17.8 Å². The minimum atomic E-state index is -0.830. The van der Waals surface area contributed by atoms with Gasteiger partial charge >= 0.3 is 0 Å². The molecule has 3 aromatic rings. The monoisotopic (exact) mass is 554 g/mol. The van der Waals surface area contributed by atoms with Crippen LogP contribution in [0, 0.1) is 0 Å². The minimum Gasteiger partial charge on any atom is -0.508 e. The molecule has 3 aromatic carbocycles. The quantitative estimate of drug-likeness (QED) is 0.298. The summed E-state index contributed by atoms with van der Waals surface area (Å²) in [6.07, 6.45) is 3.44. The minimum absolute atomic E-state index is 0.139. The molecule has 1 saturated heterocycles. The molecule has 4 N–H and O–H groups in total. The van der Waals surface area contributed by atoms with Crippen LogP contribution in [0.2, 0.25) is 0 Å². The first kappa shape index (κ1) is 29.6. The fourth-order valence-electron chi connectivity index (χ4n) is 5.22. The summed E-state index contributed by atoms with van der Waals surface area (Å²) in [4.78, 5) is 44.1. The molecule has 1 heterocycles. The van der Waals surface area contributed by atoms with E-state index < -0.39 is 18.1 Å². The average Bonchev–Trinajstić information content (AvgIpc) is 3.48. The molecule has 0 aliphatic carbocycles. The molecule has 0 bridgehead atoms. The van der Waals surface area contributed by atoms with Crippen molar-refractivity contribution in [3.8, 4) is 5.75 Å². The van der Waals surface area contributed by atoms with E-state index in [0.29, 0.717) is 38.9 Å². The van der Waals surface area contributed by atoms with Gasteiger partial charge in [0.15, 0.2) is 0 Å². The SMILES string of the molecule is C=CCN(Cc1ccccc1)C(=O)[C@H](Cc1ccccc1)NC(=O)[C@@H]1CCCN1C(=O)[C@@H](N)Cc1ccc(O)cc1. The number of amides is 3. The van der Waals surface area contributed by atoms with Gasteiger partial charge < -0.3 is 26.0 Å². The Balaban J connectivity index is 1.49. The highest BCUT2D eigenvalue weighted by Gasteiger charge is 2.38. The molecule has 0 radical (unpaired) electrons. The van der Waals surface area contributed by atoms with Gasteiger partial charge in [0.05, 0.1) is 6.04 Å². The van der Waals surface area contributed by atoms with Crippen molar-refractivity contribution in [2.45, 2.75) is 50.4 Å². The Labute approximate surface area is 241 Å². The first-order chi connectivity index (χ1) is 19.9. The standard InChI is InChI=1S/C33H38N4O4/c1-2-19-36(23-26-12-7-4-8-13-26)33(41)29(22-24-10-5-3-6-11-24)35-31(39)30-14-9-20-37(30)32(40)28(34)21-25-15-17-27(38)18-16-25/h2-8,10-13,15-18,28-30,38H,1,9,14,19-23,34H2,(H,35,39)/t28-,29-,30-/m0/s1. The summed E-state index contributed by atoms with van der Waals surface area (Å²) >= 11 is 0. The largest absolute Gasteiger partial charge is 0.508 e. The zero-order chi connectivity index (χ0) is 29.2.